The maximum Gasteiger partial charge on any atom is -0.00489 e. The van der Waals surface area contributed by atoms with Gasteiger partial charge in [0.05, 0.1) is 0 Å². The van der Waals surface area contributed by atoms with Crippen molar-refractivity contribution in [2.75, 3.05) is 13.1 Å². The average molecular weight is 151 g/mol. The summed E-state index contributed by atoms with van der Waals surface area (Å²) in [6, 6.07) is 0. The molecule has 0 aliphatic carbocycles. The van der Waals surface area contributed by atoms with Gasteiger partial charge in [0, 0.05) is 0 Å². The molecule has 0 aromatic carbocycles. The quantitative estimate of drug-likeness (QED) is 0.352. The van der Waals surface area contributed by atoms with Gasteiger partial charge in [-0.05, 0) is 25.9 Å². The molecule has 0 spiro atoms. The highest BCUT2D eigenvalue weighted by molar-refractivity contribution is 8.59. The fourth-order valence-electron chi connectivity index (χ4n) is 0.802. The molecule has 0 radical (unpaired) electrons. The first-order valence-electron chi connectivity index (χ1n) is 2.91. The molecule has 50 valence electrons. The Kier molecular flexibility index (Phi) is 8.29. The van der Waals surface area contributed by atoms with Gasteiger partial charge in [0.15, 0.2) is 0 Å². The molecular formula is C5H13NS2. The Morgan fingerprint density at radius 1 is 0.875 bits per heavy atom. The smallest absolute Gasteiger partial charge is 0.00489 e. The summed E-state index contributed by atoms with van der Waals surface area (Å²) in [5, 5.41) is 3.28. The van der Waals surface area contributed by atoms with Crippen LogP contribution in [0.3, 0.4) is 0 Å². The first-order chi connectivity index (χ1) is 4.00. The monoisotopic (exact) mass is 151 g/mol. The highest BCUT2D eigenvalue weighted by Crippen LogP contribution is 1.96. The van der Waals surface area contributed by atoms with E-state index in [0.717, 1.165) is 0 Å². The second-order valence-corrected chi connectivity index (χ2v) is 1.81. The first kappa shape index (κ1) is 8.66. The molecule has 1 saturated heterocycles. The molecule has 1 nitrogen and oxygen atoms in total. The molecule has 8 heavy (non-hydrogen) atoms. The molecule has 3 heteroatoms. The minimum Gasteiger partial charge on any atom is -0.317 e. The summed E-state index contributed by atoms with van der Waals surface area (Å²) in [5.74, 6) is 0. The second-order valence-electron chi connectivity index (χ2n) is 1.81. The predicted octanol–water partition coefficient (Wildman–Crippen LogP) is 1.52. The Bertz CT molecular complexity index is 25.9. The topological polar surface area (TPSA) is 12.0 Å². The van der Waals surface area contributed by atoms with Gasteiger partial charge in [-0.1, -0.05) is 6.42 Å². The summed E-state index contributed by atoms with van der Waals surface area (Å²) < 4.78 is 0. The van der Waals surface area contributed by atoms with Gasteiger partial charge >= 0.3 is 0 Å². The Morgan fingerprint density at radius 3 is 1.50 bits per heavy atom. The molecule has 0 atom stereocenters. The van der Waals surface area contributed by atoms with Crippen LogP contribution in [0.5, 0.6) is 0 Å². The van der Waals surface area contributed by atoms with Gasteiger partial charge in [0.1, 0.15) is 0 Å². The van der Waals surface area contributed by atoms with E-state index in [0.29, 0.717) is 0 Å². The van der Waals surface area contributed by atoms with E-state index >= 15 is 0 Å². The van der Waals surface area contributed by atoms with Gasteiger partial charge in [-0.25, -0.2) is 0 Å². The van der Waals surface area contributed by atoms with Crippen molar-refractivity contribution in [2.45, 2.75) is 19.3 Å². The van der Waals surface area contributed by atoms with Gasteiger partial charge in [0.2, 0.25) is 0 Å². The molecule has 1 N–H and O–H groups in total. The van der Waals surface area contributed by atoms with E-state index in [1.54, 1.807) is 0 Å². The molecule has 0 unspecified atom stereocenters. The van der Waals surface area contributed by atoms with Gasteiger partial charge in [-0.3, -0.25) is 0 Å². The zero-order chi connectivity index (χ0) is 6.24. The highest BCUT2D eigenvalue weighted by atomic mass is 33.1. The average Bonchev–Trinajstić information content (AvgIpc) is 1.96. The summed E-state index contributed by atoms with van der Waals surface area (Å²) >= 11 is 6.44. The lowest BCUT2D eigenvalue weighted by molar-refractivity contribution is 0.520. The van der Waals surface area contributed by atoms with Crippen LogP contribution in [0.25, 0.3) is 0 Å². The number of rotatable bonds is 0. The van der Waals surface area contributed by atoms with E-state index in [1.807, 2.05) is 0 Å². The van der Waals surface area contributed by atoms with Crippen LogP contribution in [0.15, 0.2) is 0 Å². The van der Waals surface area contributed by atoms with Gasteiger partial charge in [0.25, 0.3) is 0 Å². The minimum atomic E-state index is 1.25. The molecule has 0 aromatic heterocycles. The van der Waals surface area contributed by atoms with Crippen LogP contribution in [0, 0.1) is 0 Å². The third kappa shape index (κ3) is 4.81. The summed E-state index contributed by atoms with van der Waals surface area (Å²) in [7, 11) is 0. The van der Waals surface area contributed by atoms with E-state index in [9.17, 15) is 0 Å². The van der Waals surface area contributed by atoms with Crippen molar-refractivity contribution >= 4 is 23.3 Å². The van der Waals surface area contributed by atoms with Crippen molar-refractivity contribution in [1.29, 1.82) is 0 Å². The van der Waals surface area contributed by atoms with Crippen LogP contribution >= 0.6 is 23.3 Å². The normalized spacial score (nSPS) is 18.8. The first-order valence-corrected chi connectivity index (χ1v) is 4.51. The van der Waals surface area contributed by atoms with Crippen molar-refractivity contribution < 1.29 is 0 Å². The van der Waals surface area contributed by atoms with Crippen LogP contribution in [0.1, 0.15) is 19.3 Å². The molecule has 0 saturated carbocycles. The van der Waals surface area contributed by atoms with Crippen LogP contribution < -0.4 is 5.32 Å². The van der Waals surface area contributed by atoms with Crippen LogP contribution in [-0.2, 0) is 0 Å². The molecule has 1 aliphatic heterocycles. The maximum atomic E-state index is 3.28. The third-order valence-electron chi connectivity index (χ3n) is 1.21. The van der Waals surface area contributed by atoms with Crippen molar-refractivity contribution in [3.05, 3.63) is 0 Å². The van der Waals surface area contributed by atoms with Crippen LogP contribution in [-0.4, -0.2) is 13.1 Å². The summed E-state index contributed by atoms with van der Waals surface area (Å²) in [6.07, 6.45) is 4.22. The largest absolute Gasteiger partial charge is 0.317 e. The number of thiol groups is 2. The Labute approximate surface area is 61.5 Å². The third-order valence-corrected chi connectivity index (χ3v) is 1.21. The van der Waals surface area contributed by atoms with E-state index < -0.39 is 0 Å². The standard InChI is InChI=1S/C5H11N.H2S2/c1-2-4-6-5-3-1;1-2/h6H,1-5H2;1-2H. The fraction of sp³-hybridized carbons (Fsp3) is 1.00. The molecule has 1 heterocycles. The van der Waals surface area contributed by atoms with Crippen molar-refractivity contribution in [3.63, 3.8) is 0 Å². The van der Waals surface area contributed by atoms with Crippen LogP contribution in [0.4, 0.5) is 0 Å². The zero-order valence-electron chi connectivity index (χ0n) is 4.93. The van der Waals surface area contributed by atoms with Crippen LogP contribution in [0.2, 0.25) is 0 Å². The van der Waals surface area contributed by atoms with Crippen molar-refractivity contribution in [3.8, 4) is 0 Å². The lowest BCUT2D eigenvalue weighted by Gasteiger charge is -2.08. The second kappa shape index (κ2) is 7.66. The predicted molar refractivity (Wildman–Crippen MR) is 44.7 cm³/mol. The minimum absolute atomic E-state index is 1.25. The Hall–Kier alpha value is 0.660. The Morgan fingerprint density at radius 2 is 1.38 bits per heavy atom. The lowest BCUT2D eigenvalue weighted by Crippen LogP contribution is -2.21. The molecule has 1 aliphatic rings. The number of piperidine rings is 1. The molecule has 0 bridgehead atoms. The van der Waals surface area contributed by atoms with E-state index in [2.05, 4.69) is 28.6 Å². The van der Waals surface area contributed by atoms with E-state index in [1.165, 1.54) is 32.4 Å². The van der Waals surface area contributed by atoms with Gasteiger partial charge in [-0.2, -0.15) is 0 Å². The molecule has 0 amide bonds. The molecular weight excluding hydrogens is 138 g/mol. The number of hydrogen-bond acceptors (Lipinski definition) is 3. The SMILES string of the molecule is C1CCNCC1.SS. The number of hydrogen-bond donors (Lipinski definition) is 3. The van der Waals surface area contributed by atoms with Crippen molar-refractivity contribution in [2.24, 2.45) is 0 Å². The van der Waals surface area contributed by atoms with Gasteiger partial charge < -0.3 is 5.32 Å². The maximum absolute atomic E-state index is 3.28. The highest BCUT2D eigenvalue weighted by Gasteiger charge is 1.93. The van der Waals surface area contributed by atoms with E-state index in [4.69, 9.17) is 0 Å². The van der Waals surface area contributed by atoms with Crippen molar-refractivity contribution in [1.82, 2.24) is 5.32 Å². The fourth-order valence-corrected chi connectivity index (χ4v) is 0.802. The molecule has 1 fully saturated rings. The zero-order valence-corrected chi connectivity index (χ0v) is 6.72. The summed E-state index contributed by atoms with van der Waals surface area (Å²) in [4.78, 5) is 0. The van der Waals surface area contributed by atoms with E-state index in [-0.39, 0.29) is 0 Å². The Balaban J connectivity index is 0.000000222. The summed E-state index contributed by atoms with van der Waals surface area (Å²) in [6.45, 7) is 2.50. The summed E-state index contributed by atoms with van der Waals surface area (Å²) in [5.41, 5.74) is 0. The number of nitrogens with one attached hydrogen (secondary N) is 1. The lowest BCUT2D eigenvalue weighted by atomic mass is 10.2. The van der Waals surface area contributed by atoms with Gasteiger partial charge in [-0.15, -0.1) is 23.3 Å². The molecule has 0 aromatic rings. The molecule has 1 rings (SSSR count).